The van der Waals surface area contributed by atoms with Crippen LogP contribution in [0.3, 0.4) is 0 Å². The predicted molar refractivity (Wildman–Crippen MR) is 81.5 cm³/mol. The molecule has 0 aliphatic heterocycles. The lowest BCUT2D eigenvalue weighted by molar-refractivity contribution is 0.0697. The summed E-state index contributed by atoms with van der Waals surface area (Å²) in [6.45, 7) is 2.87. The summed E-state index contributed by atoms with van der Waals surface area (Å²) in [4.78, 5) is 23.5. The van der Waals surface area contributed by atoms with Crippen LogP contribution in [0, 0.1) is 6.92 Å². The first-order valence-electron chi connectivity index (χ1n) is 6.43. The van der Waals surface area contributed by atoms with E-state index in [2.05, 4.69) is 10.6 Å². The molecular weight excluding hydrogens is 288 g/mol. The maximum Gasteiger partial charge on any atom is 0.335 e. The number of carboxylic acids is 1. The van der Waals surface area contributed by atoms with Crippen molar-refractivity contribution in [2.24, 2.45) is 0 Å². The Labute approximate surface area is 126 Å². The molecule has 110 valence electrons. The van der Waals surface area contributed by atoms with E-state index in [0.717, 1.165) is 10.4 Å². The number of hydrogen-bond donors (Lipinski definition) is 3. The van der Waals surface area contributed by atoms with Crippen LogP contribution in [0.4, 0.5) is 4.79 Å². The lowest BCUT2D eigenvalue weighted by Gasteiger charge is -2.07. The van der Waals surface area contributed by atoms with Crippen LogP contribution in [0.1, 0.15) is 26.4 Å². The fourth-order valence-electron chi connectivity index (χ4n) is 1.76. The van der Waals surface area contributed by atoms with Crippen LogP contribution < -0.4 is 10.6 Å². The van der Waals surface area contributed by atoms with E-state index in [0.29, 0.717) is 13.1 Å². The van der Waals surface area contributed by atoms with Crippen molar-refractivity contribution >= 4 is 23.3 Å². The number of carbonyl (C=O) groups excluding carboxylic acids is 1. The summed E-state index contributed by atoms with van der Waals surface area (Å²) < 4.78 is 0. The highest BCUT2D eigenvalue weighted by molar-refractivity contribution is 7.10. The van der Waals surface area contributed by atoms with Crippen LogP contribution in [0.2, 0.25) is 0 Å². The molecule has 0 fully saturated rings. The third kappa shape index (κ3) is 4.32. The number of thiophene rings is 1. The van der Waals surface area contributed by atoms with Crippen LogP contribution in [-0.4, -0.2) is 17.1 Å². The van der Waals surface area contributed by atoms with Gasteiger partial charge < -0.3 is 15.7 Å². The molecule has 0 bridgehead atoms. The number of rotatable bonds is 5. The molecule has 0 radical (unpaired) electrons. The number of benzene rings is 1. The molecule has 6 heteroatoms. The topological polar surface area (TPSA) is 78.4 Å². The van der Waals surface area contributed by atoms with Crippen molar-refractivity contribution in [3.05, 3.63) is 57.3 Å². The van der Waals surface area contributed by atoms with Crippen LogP contribution in [0.25, 0.3) is 0 Å². The zero-order chi connectivity index (χ0) is 15.2. The number of nitrogens with one attached hydrogen (secondary N) is 2. The number of carbonyl (C=O) groups is 2. The number of amides is 2. The first kappa shape index (κ1) is 15.1. The Morgan fingerprint density at radius 1 is 1.10 bits per heavy atom. The Balaban J connectivity index is 1.78. The minimum Gasteiger partial charge on any atom is -0.478 e. The summed E-state index contributed by atoms with van der Waals surface area (Å²) in [5, 5.41) is 16.3. The molecule has 1 aromatic heterocycles. The number of urea groups is 1. The smallest absolute Gasteiger partial charge is 0.335 e. The van der Waals surface area contributed by atoms with Crippen LogP contribution in [0.5, 0.6) is 0 Å². The predicted octanol–water partition coefficient (Wildman–Crippen LogP) is 2.75. The van der Waals surface area contributed by atoms with E-state index in [9.17, 15) is 9.59 Å². The van der Waals surface area contributed by atoms with Crippen LogP contribution in [-0.2, 0) is 13.1 Å². The summed E-state index contributed by atoms with van der Waals surface area (Å²) >= 11 is 1.61. The minimum absolute atomic E-state index is 0.233. The van der Waals surface area contributed by atoms with E-state index in [1.807, 2.05) is 18.4 Å². The van der Waals surface area contributed by atoms with Crippen molar-refractivity contribution < 1.29 is 14.7 Å². The molecule has 0 saturated heterocycles. The van der Waals surface area contributed by atoms with Gasteiger partial charge in [0.2, 0.25) is 0 Å². The molecule has 1 heterocycles. The highest BCUT2D eigenvalue weighted by Crippen LogP contribution is 2.14. The van der Waals surface area contributed by atoms with Crippen molar-refractivity contribution in [3.8, 4) is 0 Å². The average Bonchev–Trinajstić information content (AvgIpc) is 2.88. The highest BCUT2D eigenvalue weighted by atomic mass is 32.1. The number of carboxylic acid groups (broad SMARTS) is 1. The molecule has 2 rings (SSSR count). The first-order chi connectivity index (χ1) is 10.1. The average molecular weight is 304 g/mol. The van der Waals surface area contributed by atoms with E-state index < -0.39 is 5.97 Å². The van der Waals surface area contributed by atoms with Gasteiger partial charge in [-0.3, -0.25) is 0 Å². The molecule has 1 aromatic carbocycles. The molecule has 3 N–H and O–H groups in total. The summed E-state index contributed by atoms with van der Waals surface area (Å²) in [6.07, 6.45) is 0. The van der Waals surface area contributed by atoms with Gasteiger partial charge in [0.05, 0.1) is 12.1 Å². The molecule has 0 unspecified atom stereocenters. The van der Waals surface area contributed by atoms with Gasteiger partial charge in [0, 0.05) is 11.4 Å². The Morgan fingerprint density at radius 3 is 2.33 bits per heavy atom. The molecule has 21 heavy (non-hydrogen) atoms. The Morgan fingerprint density at radius 2 is 1.76 bits per heavy atom. The van der Waals surface area contributed by atoms with Crippen LogP contribution in [0.15, 0.2) is 35.7 Å². The largest absolute Gasteiger partial charge is 0.478 e. The Kier molecular flexibility index (Phi) is 4.94. The number of aryl methyl sites for hydroxylation is 1. The zero-order valence-corrected chi connectivity index (χ0v) is 12.4. The van der Waals surface area contributed by atoms with Gasteiger partial charge in [-0.1, -0.05) is 12.1 Å². The summed E-state index contributed by atoms with van der Waals surface area (Å²) in [5.41, 5.74) is 2.25. The van der Waals surface area contributed by atoms with Crippen molar-refractivity contribution in [3.63, 3.8) is 0 Å². The van der Waals surface area contributed by atoms with Gasteiger partial charge in [0.25, 0.3) is 0 Å². The first-order valence-corrected chi connectivity index (χ1v) is 7.31. The monoisotopic (exact) mass is 304 g/mol. The SMILES string of the molecule is Cc1ccsc1CNC(=O)NCc1ccc(C(=O)O)cc1. The van der Waals surface area contributed by atoms with E-state index in [4.69, 9.17) is 5.11 Å². The molecule has 0 spiro atoms. The Bertz CT molecular complexity index is 635. The number of hydrogen-bond acceptors (Lipinski definition) is 3. The summed E-state index contributed by atoms with van der Waals surface area (Å²) in [6, 6.07) is 8.19. The third-order valence-corrected chi connectivity index (χ3v) is 4.05. The molecule has 0 atom stereocenters. The van der Waals surface area contributed by atoms with Crippen molar-refractivity contribution in [1.29, 1.82) is 0 Å². The standard InChI is InChI=1S/C15H16N2O3S/c1-10-6-7-21-13(10)9-17-15(20)16-8-11-2-4-12(5-3-11)14(18)19/h2-7H,8-9H2,1H3,(H,18,19)(H2,16,17,20). The quantitative estimate of drug-likeness (QED) is 0.794. The van der Waals surface area contributed by atoms with Gasteiger partial charge in [0.1, 0.15) is 0 Å². The fourth-order valence-corrected chi connectivity index (χ4v) is 2.60. The maximum atomic E-state index is 11.7. The van der Waals surface area contributed by atoms with Gasteiger partial charge in [-0.25, -0.2) is 9.59 Å². The maximum absolute atomic E-state index is 11.7. The second-order valence-corrected chi connectivity index (χ2v) is 5.57. The minimum atomic E-state index is -0.960. The van der Waals surface area contributed by atoms with E-state index in [1.165, 1.54) is 17.7 Å². The van der Waals surface area contributed by atoms with Gasteiger partial charge in [-0.05, 0) is 41.6 Å². The highest BCUT2D eigenvalue weighted by Gasteiger charge is 2.05. The summed E-state index contributed by atoms with van der Waals surface area (Å²) in [5.74, 6) is -0.960. The third-order valence-electron chi connectivity index (χ3n) is 3.03. The summed E-state index contributed by atoms with van der Waals surface area (Å²) in [7, 11) is 0. The van der Waals surface area contributed by atoms with Gasteiger partial charge in [-0.15, -0.1) is 11.3 Å². The second-order valence-electron chi connectivity index (χ2n) is 4.57. The fraction of sp³-hybridized carbons (Fsp3) is 0.200. The van der Waals surface area contributed by atoms with E-state index >= 15 is 0 Å². The molecule has 2 amide bonds. The molecular formula is C15H16N2O3S. The lowest BCUT2D eigenvalue weighted by atomic mass is 10.1. The normalized spacial score (nSPS) is 10.1. The van der Waals surface area contributed by atoms with Gasteiger partial charge in [-0.2, -0.15) is 0 Å². The van der Waals surface area contributed by atoms with E-state index in [-0.39, 0.29) is 11.6 Å². The van der Waals surface area contributed by atoms with Gasteiger partial charge >= 0.3 is 12.0 Å². The lowest BCUT2D eigenvalue weighted by Crippen LogP contribution is -2.34. The number of aromatic carboxylic acids is 1. The van der Waals surface area contributed by atoms with E-state index in [1.54, 1.807) is 23.5 Å². The van der Waals surface area contributed by atoms with Crippen molar-refractivity contribution in [2.45, 2.75) is 20.0 Å². The Hall–Kier alpha value is -2.34. The molecule has 0 aliphatic rings. The molecule has 2 aromatic rings. The molecule has 0 saturated carbocycles. The molecule has 5 nitrogen and oxygen atoms in total. The van der Waals surface area contributed by atoms with Crippen LogP contribution >= 0.6 is 11.3 Å². The molecule has 0 aliphatic carbocycles. The van der Waals surface area contributed by atoms with Crippen molar-refractivity contribution in [2.75, 3.05) is 0 Å². The second kappa shape index (κ2) is 6.90. The zero-order valence-electron chi connectivity index (χ0n) is 11.6. The van der Waals surface area contributed by atoms with Crippen molar-refractivity contribution in [1.82, 2.24) is 10.6 Å². The van der Waals surface area contributed by atoms with Gasteiger partial charge in [0.15, 0.2) is 0 Å².